The fourth-order valence-corrected chi connectivity index (χ4v) is 3.33. The maximum absolute atomic E-state index is 6.62. The third kappa shape index (κ3) is 5.28. The van der Waals surface area contributed by atoms with Gasteiger partial charge in [0.1, 0.15) is 11.9 Å². The zero-order valence-corrected chi connectivity index (χ0v) is 17.1. The fraction of sp³-hybridized carbons (Fsp3) is 0.381. The van der Waals surface area contributed by atoms with Gasteiger partial charge < -0.3 is 9.16 Å². The minimum Gasteiger partial charge on any atom is -0.497 e. The van der Waals surface area contributed by atoms with Crippen molar-refractivity contribution in [1.29, 1.82) is 0 Å². The minimum atomic E-state index is -1.91. The smallest absolute Gasteiger partial charge is 0.193 e. The summed E-state index contributed by atoms with van der Waals surface area (Å²) in [6.45, 7) is 11.3. The highest BCUT2D eigenvalue weighted by Gasteiger charge is 2.39. The largest absolute Gasteiger partial charge is 0.497 e. The molecule has 0 spiro atoms. The topological polar surface area (TPSA) is 30.8 Å². The van der Waals surface area contributed by atoms with E-state index in [-0.39, 0.29) is 11.1 Å². The molecule has 0 amide bonds. The molecule has 0 aliphatic carbocycles. The first-order chi connectivity index (χ1) is 11.7. The average molecular weight is 356 g/mol. The van der Waals surface area contributed by atoms with Gasteiger partial charge in [0.15, 0.2) is 8.32 Å². The maximum atomic E-state index is 6.62. The number of ether oxygens (including phenoxy) is 1. The Labute approximate surface area is 152 Å². The van der Waals surface area contributed by atoms with Gasteiger partial charge in [-0.05, 0) is 48.0 Å². The lowest BCUT2D eigenvalue weighted by Crippen LogP contribution is -2.42. The van der Waals surface area contributed by atoms with Gasteiger partial charge in [-0.25, -0.2) is 0 Å². The van der Waals surface area contributed by atoms with E-state index >= 15 is 0 Å². The van der Waals surface area contributed by atoms with Gasteiger partial charge in [-0.1, -0.05) is 51.1 Å². The van der Waals surface area contributed by atoms with Gasteiger partial charge in [0, 0.05) is 6.21 Å². The normalized spacial score (nSPS) is 13.8. The number of rotatable bonds is 6. The van der Waals surface area contributed by atoms with Crippen molar-refractivity contribution in [3.63, 3.8) is 0 Å². The monoisotopic (exact) mass is 355 g/mol. The molecular formula is C21H29NO2Si. The van der Waals surface area contributed by atoms with Gasteiger partial charge in [-0.3, -0.25) is 4.99 Å². The summed E-state index contributed by atoms with van der Waals surface area (Å²) in [4.78, 5) is 4.64. The zero-order chi connectivity index (χ0) is 18.5. The Kier molecular flexibility index (Phi) is 6.19. The highest BCUT2D eigenvalue weighted by Crippen LogP contribution is 2.39. The third-order valence-electron chi connectivity index (χ3n) is 4.79. The van der Waals surface area contributed by atoms with E-state index in [0.29, 0.717) is 0 Å². The third-order valence-corrected chi connectivity index (χ3v) is 9.24. The molecule has 0 bridgehead atoms. The molecule has 0 saturated carbocycles. The number of hydrogen-bond donors (Lipinski definition) is 0. The second kappa shape index (κ2) is 7.98. The summed E-state index contributed by atoms with van der Waals surface area (Å²) in [5, 5.41) is 0.147. The molecule has 0 saturated heterocycles. The molecule has 2 rings (SSSR count). The Balaban J connectivity index is 2.27. The Morgan fingerprint density at radius 2 is 1.56 bits per heavy atom. The van der Waals surface area contributed by atoms with Gasteiger partial charge in [0.25, 0.3) is 0 Å². The number of hydrogen-bond acceptors (Lipinski definition) is 3. The molecule has 0 N–H and O–H groups in total. The predicted molar refractivity (Wildman–Crippen MR) is 109 cm³/mol. The summed E-state index contributed by atoms with van der Waals surface area (Å²) >= 11 is 0. The molecule has 3 nitrogen and oxygen atoms in total. The van der Waals surface area contributed by atoms with Crippen LogP contribution in [0, 0.1) is 0 Å². The highest BCUT2D eigenvalue weighted by molar-refractivity contribution is 6.74. The predicted octanol–water partition coefficient (Wildman–Crippen LogP) is 6.16. The van der Waals surface area contributed by atoms with Crippen molar-refractivity contribution in [2.24, 2.45) is 4.99 Å². The lowest BCUT2D eigenvalue weighted by atomic mass is 10.1. The lowest BCUT2D eigenvalue weighted by molar-refractivity contribution is 0.251. The van der Waals surface area contributed by atoms with Crippen LogP contribution in [0.3, 0.4) is 0 Å². The molecule has 1 unspecified atom stereocenters. The van der Waals surface area contributed by atoms with Crippen molar-refractivity contribution in [2.75, 3.05) is 7.11 Å². The highest BCUT2D eigenvalue weighted by atomic mass is 28.4. The van der Waals surface area contributed by atoms with E-state index in [1.165, 1.54) is 0 Å². The van der Waals surface area contributed by atoms with Crippen LogP contribution in [0.25, 0.3) is 0 Å². The van der Waals surface area contributed by atoms with Crippen LogP contribution in [0.4, 0.5) is 5.69 Å². The average Bonchev–Trinajstić information content (AvgIpc) is 2.58. The summed E-state index contributed by atoms with van der Waals surface area (Å²) < 4.78 is 11.8. The van der Waals surface area contributed by atoms with Crippen LogP contribution in [0.1, 0.15) is 32.4 Å². The van der Waals surface area contributed by atoms with Crippen LogP contribution in [0.5, 0.6) is 5.75 Å². The second-order valence-corrected chi connectivity index (χ2v) is 12.4. The molecule has 2 aromatic carbocycles. The summed E-state index contributed by atoms with van der Waals surface area (Å²) in [6.07, 6.45) is 1.77. The van der Waals surface area contributed by atoms with E-state index in [0.717, 1.165) is 17.0 Å². The van der Waals surface area contributed by atoms with Crippen molar-refractivity contribution >= 4 is 20.2 Å². The molecule has 0 fully saturated rings. The van der Waals surface area contributed by atoms with Gasteiger partial charge in [0.2, 0.25) is 0 Å². The van der Waals surface area contributed by atoms with Crippen LogP contribution in [0.2, 0.25) is 18.1 Å². The van der Waals surface area contributed by atoms with Crippen molar-refractivity contribution in [1.82, 2.24) is 0 Å². The van der Waals surface area contributed by atoms with E-state index in [9.17, 15) is 0 Å². The molecule has 0 aliphatic rings. The molecule has 4 heteroatoms. The molecule has 0 aromatic heterocycles. The van der Waals surface area contributed by atoms with Crippen LogP contribution in [-0.2, 0) is 4.43 Å². The fourth-order valence-electron chi connectivity index (χ4n) is 2.14. The van der Waals surface area contributed by atoms with Crippen molar-refractivity contribution in [3.05, 3.63) is 60.2 Å². The molecular weight excluding hydrogens is 326 g/mol. The first-order valence-electron chi connectivity index (χ1n) is 8.64. The van der Waals surface area contributed by atoms with E-state index < -0.39 is 8.32 Å². The molecule has 0 aliphatic heterocycles. The molecule has 25 heavy (non-hydrogen) atoms. The molecule has 1 atom stereocenters. The van der Waals surface area contributed by atoms with Gasteiger partial charge >= 0.3 is 0 Å². The lowest BCUT2D eigenvalue weighted by Gasteiger charge is -2.38. The van der Waals surface area contributed by atoms with Gasteiger partial charge in [-0.15, -0.1) is 0 Å². The number of aliphatic imine (C=N–C) groups is 1. The number of nitrogens with zero attached hydrogens (tertiary/aromatic N) is 1. The minimum absolute atomic E-state index is 0.147. The Morgan fingerprint density at radius 1 is 0.960 bits per heavy atom. The second-order valence-electron chi connectivity index (χ2n) is 7.69. The standard InChI is InChI=1S/C21H29NO2Si/c1-21(2,3)25(5,6)24-20(17-10-8-7-9-11-17)16-22-18-12-14-19(23-4)15-13-18/h7-16,20H,1-6H3. The summed E-state index contributed by atoms with van der Waals surface area (Å²) in [6, 6.07) is 18.0. The van der Waals surface area contributed by atoms with Crippen LogP contribution >= 0.6 is 0 Å². The molecule has 0 radical (unpaired) electrons. The first-order valence-corrected chi connectivity index (χ1v) is 11.5. The SMILES string of the molecule is COc1ccc(N=CC(O[Si](C)(C)C(C)(C)C)c2ccccc2)cc1. The first kappa shape index (κ1) is 19.4. The van der Waals surface area contributed by atoms with Crippen molar-refractivity contribution in [2.45, 2.75) is 45.0 Å². The molecule has 0 heterocycles. The number of benzene rings is 2. The van der Waals surface area contributed by atoms with E-state index in [1.54, 1.807) is 7.11 Å². The summed E-state index contributed by atoms with van der Waals surface area (Å²) in [5.74, 6) is 0.830. The summed E-state index contributed by atoms with van der Waals surface area (Å²) in [7, 11) is -0.251. The van der Waals surface area contributed by atoms with Crippen molar-refractivity contribution in [3.8, 4) is 5.75 Å². The Bertz CT molecular complexity index is 688. The zero-order valence-electron chi connectivity index (χ0n) is 16.1. The quantitative estimate of drug-likeness (QED) is 0.459. The number of methoxy groups -OCH3 is 1. The molecule has 134 valence electrons. The van der Waals surface area contributed by atoms with Crippen LogP contribution in [-0.4, -0.2) is 21.6 Å². The van der Waals surface area contributed by atoms with Crippen molar-refractivity contribution < 1.29 is 9.16 Å². The summed E-state index contributed by atoms with van der Waals surface area (Å²) in [5.41, 5.74) is 2.02. The van der Waals surface area contributed by atoms with Crippen LogP contribution < -0.4 is 4.74 Å². The van der Waals surface area contributed by atoms with Gasteiger partial charge in [0.05, 0.1) is 12.8 Å². The van der Waals surface area contributed by atoms with Crippen LogP contribution in [0.15, 0.2) is 59.6 Å². The van der Waals surface area contributed by atoms with E-state index in [4.69, 9.17) is 9.16 Å². The van der Waals surface area contributed by atoms with E-state index in [1.807, 2.05) is 48.7 Å². The van der Waals surface area contributed by atoms with Gasteiger partial charge in [-0.2, -0.15) is 0 Å². The Hall–Kier alpha value is -1.91. The Morgan fingerprint density at radius 3 is 2.08 bits per heavy atom. The molecule has 2 aromatic rings. The van der Waals surface area contributed by atoms with E-state index in [2.05, 4.69) is 51.0 Å². The maximum Gasteiger partial charge on any atom is 0.193 e.